The molecule has 3 aromatic carbocycles. The third-order valence-corrected chi connectivity index (χ3v) is 12.4. The summed E-state index contributed by atoms with van der Waals surface area (Å²) >= 11 is 0. The summed E-state index contributed by atoms with van der Waals surface area (Å²) < 4.78 is 33.4. The van der Waals surface area contributed by atoms with E-state index in [9.17, 15) is 18.0 Å². The normalized spacial score (nSPS) is 23.8. The lowest BCUT2D eigenvalue weighted by Crippen LogP contribution is -2.54. The van der Waals surface area contributed by atoms with Gasteiger partial charge in [-0.2, -0.15) is 0 Å². The SMILES string of the molecule is CC[C@H](C)NC(=O)[C@@H](Cc1ccccc1)N(Cc1cccc(OC)c1)C(=O)CN(c1ccc(C23CC4CC(CC(C4)C2)C3)cc1)S(C)(=O)=O. The number of amides is 2. The van der Waals surface area contributed by atoms with Crippen LogP contribution < -0.4 is 14.4 Å². The van der Waals surface area contributed by atoms with Crippen LogP contribution in [0.4, 0.5) is 5.69 Å². The van der Waals surface area contributed by atoms with Gasteiger partial charge in [0.05, 0.1) is 19.1 Å². The molecule has 0 heterocycles. The molecule has 4 fully saturated rings. The van der Waals surface area contributed by atoms with E-state index in [0.717, 1.165) is 41.6 Å². The molecule has 4 aliphatic carbocycles. The largest absolute Gasteiger partial charge is 0.497 e. The molecule has 49 heavy (non-hydrogen) atoms. The van der Waals surface area contributed by atoms with E-state index in [1.807, 2.05) is 80.6 Å². The number of carbonyl (C=O) groups excluding carboxylic acids is 2. The van der Waals surface area contributed by atoms with Crippen molar-refractivity contribution in [2.75, 3.05) is 24.2 Å². The fourth-order valence-corrected chi connectivity index (χ4v) is 9.87. The Morgan fingerprint density at radius 3 is 2.08 bits per heavy atom. The van der Waals surface area contributed by atoms with E-state index in [1.54, 1.807) is 7.11 Å². The lowest BCUT2D eigenvalue weighted by atomic mass is 9.48. The quantitative estimate of drug-likeness (QED) is 0.210. The maximum atomic E-state index is 14.5. The van der Waals surface area contributed by atoms with Crippen LogP contribution in [0.5, 0.6) is 5.75 Å². The third kappa shape index (κ3) is 7.98. The Labute approximate surface area is 292 Å². The van der Waals surface area contributed by atoms with Crippen LogP contribution in [0.2, 0.25) is 0 Å². The van der Waals surface area contributed by atoms with Crippen molar-refractivity contribution in [1.82, 2.24) is 10.2 Å². The molecule has 0 aliphatic heterocycles. The van der Waals surface area contributed by atoms with E-state index >= 15 is 0 Å². The monoisotopic (exact) mass is 685 g/mol. The molecule has 0 radical (unpaired) electrons. The van der Waals surface area contributed by atoms with Gasteiger partial charge in [0.25, 0.3) is 0 Å². The standard InChI is InChI=1S/C40H51N3O5S/c1-5-28(2)41-39(45)37(22-29-10-7-6-8-11-29)42(26-30-12-9-13-36(21-30)48-3)38(44)27-43(49(4,46)47)35-16-14-34(15-17-35)40-23-31-18-32(24-40)20-33(19-31)25-40/h6-17,21,28,31-33,37H,5,18-20,22-27H2,1-4H3,(H,41,45)/t28-,31?,32?,33?,37+,40?/m0/s1. The number of sulfonamides is 1. The van der Waals surface area contributed by atoms with Gasteiger partial charge >= 0.3 is 0 Å². The molecule has 8 nitrogen and oxygen atoms in total. The lowest BCUT2D eigenvalue weighted by molar-refractivity contribution is -0.140. The van der Waals surface area contributed by atoms with E-state index in [0.29, 0.717) is 11.4 Å². The van der Waals surface area contributed by atoms with Crippen LogP contribution in [0.15, 0.2) is 78.9 Å². The maximum Gasteiger partial charge on any atom is 0.244 e. The van der Waals surface area contributed by atoms with Crippen LogP contribution in [-0.4, -0.2) is 57.1 Å². The molecule has 0 aromatic heterocycles. The molecule has 4 aliphatic rings. The molecule has 3 aromatic rings. The summed E-state index contributed by atoms with van der Waals surface area (Å²) in [5, 5.41) is 3.08. The number of carbonyl (C=O) groups is 2. The Morgan fingerprint density at radius 1 is 0.898 bits per heavy atom. The highest BCUT2D eigenvalue weighted by Crippen LogP contribution is 2.60. The van der Waals surface area contributed by atoms with Gasteiger partial charge in [0.15, 0.2) is 0 Å². The molecule has 9 heteroatoms. The topological polar surface area (TPSA) is 96.0 Å². The van der Waals surface area contributed by atoms with Crippen molar-refractivity contribution in [3.05, 3.63) is 95.6 Å². The second-order valence-electron chi connectivity index (χ2n) is 14.9. The highest BCUT2D eigenvalue weighted by Gasteiger charge is 2.51. The number of benzene rings is 3. The first-order chi connectivity index (χ1) is 23.5. The lowest BCUT2D eigenvalue weighted by Gasteiger charge is -2.57. The summed E-state index contributed by atoms with van der Waals surface area (Å²) in [6, 6.07) is 23.9. The number of ether oxygens (including phenoxy) is 1. The van der Waals surface area contributed by atoms with Crippen molar-refractivity contribution >= 4 is 27.5 Å². The molecule has 0 unspecified atom stereocenters. The predicted molar refractivity (Wildman–Crippen MR) is 194 cm³/mol. The van der Waals surface area contributed by atoms with Gasteiger partial charge in [0.2, 0.25) is 21.8 Å². The van der Waals surface area contributed by atoms with E-state index in [4.69, 9.17) is 4.74 Å². The highest BCUT2D eigenvalue weighted by atomic mass is 32.2. The second-order valence-corrected chi connectivity index (χ2v) is 16.8. The summed E-state index contributed by atoms with van der Waals surface area (Å²) in [7, 11) is -2.27. The van der Waals surface area contributed by atoms with E-state index in [-0.39, 0.29) is 30.3 Å². The number of anilines is 1. The molecule has 2 atom stereocenters. The molecule has 7 rings (SSSR count). The average Bonchev–Trinajstić information content (AvgIpc) is 3.08. The Hall–Kier alpha value is -3.85. The molecule has 4 saturated carbocycles. The van der Waals surface area contributed by atoms with Gasteiger partial charge in [-0.1, -0.05) is 61.5 Å². The highest BCUT2D eigenvalue weighted by molar-refractivity contribution is 7.92. The zero-order valence-corrected chi connectivity index (χ0v) is 30.1. The summed E-state index contributed by atoms with van der Waals surface area (Å²) in [5.41, 5.74) is 3.59. The fraction of sp³-hybridized carbons (Fsp3) is 0.500. The number of nitrogens with zero attached hydrogens (tertiary/aromatic N) is 2. The molecular formula is C40H51N3O5S. The van der Waals surface area contributed by atoms with E-state index < -0.39 is 28.5 Å². The molecule has 2 amide bonds. The minimum Gasteiger partial charge on any atom is -0.497 e. The second kappa shape index (κ2) is 14.6. The smallest absolute Gasteiger partial charge is 0.244 e. The third-order valence-electron chi connectivity index (χ3n) is 11.2. The van der Waals surface area contributed by atoms with E-state index in [1.165, 1.54) is 53.3 Å². The van der Waals surface area contributed by atoms with Crippen molar-refractivity contribution < 1.29 is 22.7 Å². The summed E-state index contributed by atoms with van der Waals surface area (Å²) in [5.74, 6) is 2.29. The van der Waals surface area contributed by atoms with E-state index in [2.05, 4.69) is 17.4 Å². The number of hydrogen-bond acceptors (Lipinski definition) is 5. The van der Waals surface area contributed by atoms with Crippen LogP contribution in [0.3, 0.4) is 0 Å². The molecular weight excluding hydrogens is 635 g/mol. The van der Waals surface area contributed by atoms with Gasteiger partial charge < -0.3 is 15.0 Å². The van der Waals surface area contributed by atoms with Crippen molar-refractivity contribution in [1.29, 1.82) is 0 Å². The molecule has 4 bridgehead atoms. The number of hydrogen-bond donors (Lipinski definition) is 1. The van der Waals surface area contributed by atoms with Crippen molar-refractivity contribution in [2.24, 2.45) is 17.8 Å². The average molecular weight is 686 g/mol. The van der Waals surface area contributed by atoms with Gasteiger partial charge in [-0.3, -0.25) is 13.9 Å². The minimum absolute atomic E-state index is 0.0976. The molecule has 0 spiro atoms. The van der Waals surface area contributed by atoms with Crippen LogP contribution in [-0.2, 0) is 38.0 Å². The van der Waals surface area contributed by atoms with Crippen molar-refractivity contribution in [3.63, 3.8) is 0 Å². The summed E-state index contributed by atoms with van der Waals surface area (Å²) in [6.45, 7) is 3.60. The van der Waals surface area contributed by atoms with Gasteiger partial charge in [-0.05, 0) is 116 Å². The zero-order chi connectivity index (χ0) is 34.8. The first-order valence-electron chi connectivity index (χ1n) is 17.8. The first kappa shape index (κ1) is 35.0. The number of rotatable bonds is 14. The molecule has 0 saturated heterocycles. The molecule has 1 N–H and O–H groups in total. The van der Waals surface area contributed by atoms with Crippen LogP contribution >= 0.6 is 0 Å². The van der Waals surface area contributed by atoms with Crippen LogP contribution in [0.25, 0.3) is 0 Å². The fourth-order valence-electron chi connectivity index (χ4n) is 9.02. The van der Waals surface area contributed by atoms with Crippen molar-refractivity contribution in [2.45, 2.75) is 89.3 Å². The van der Waals surface area contributed by atoms with Gasteiger partial charge in [0.1, 0.15) is 18.3 Å². The summed E-state index contributed by atoms with van der Waals surface area (Å²) in [4.78, 5) is 30.0. The summed E-state index contributed by atoms with van der Waals surface area (Å²) in [6.07, 6.45) is 9.85. The van der Waals surface area contributed by atoms with Crippen molar-refractivity contribution in [3.8, 4) is 5.75 Å². The Balaban J connectivity index is 1.31. The Kier molecular flexibility index (Phi) is 10.4. The predicted octanol–water partition coefficient (Wildman–Crippen LogP) is 6.48. The zero-order valence-electron chi connectivity index (χ0n) is 29.3. The van der Waals surface area contributed by atoms with Gasteiger partial charge in [-0.25, -0.2) is 8.42 Å². The first-order valence-corrected chi connectivity index (χ1v) is 19.7. The molecule has 262 valence electrons. The van der Waals surface area contributed by atoms with Crippen LogP contribution in [0.1, 0.15) is 75.5 Å². The number of nitrogens with one attached hydrogen (secondary N) is 1. The van der Waals surface area contributed by atoms with Crippen LogP contribution in [0, 0.1) is 17.8 Å². The number of methoxy groups -OCH3 is 1. The Bertz CT molecular complexity index is 1690. The maximum absolute atomic E-state index is 14.5. The Morgan fingerprint density at radius 2 is 1.51 bits per heavy atom. The van der Waals surface area contributed by atoms with Gasteiger partial charge in [-0.15, -0.1) is 0 Å². The minimum atomic E-state index is -3.85. The van der Waals surface area contributed by atoms with Gasteiger partial charge in [0, 0.05) is 19.0 Å².